The molecule has 1 saturated heterocycles. The lowest BCUT2D eigenvalue weighted by molar-refractivity contribution is -0.137. The maximum absolute atomic E-state index is 13.2. The molecule has 2 atom stereocenters. The van der Waals surface area contributed by atoms with Gasteiger partial charge in [-0.1, -0.05) is 60.5 Å². The van der Waals surface area contributed by atoms with E-state index in [1.165, 1.54) is 18.3 Å². The van der Waals surface area contributed by atoms with Crippen LogP contribution in [0.5, 0.6) is 0 Å². The molecular formula is C24H25Cl2F3N4O. The number of benzene rings is 2. The molecule has 1 aromatic heterocycles. The minimum atomic E-state index is -4.58. The first-order chi connectivity index (χ1) is 15.8. The molecular weight excluding hydrogens is 488 g/mol. The molecule has 4 rings (SSSR count). The fourth-order valence-corrected chi connectivity index (χ4v) is 4.65. The van der Waals surface area contributed by atoms with Crippen LogP contribution in [0.1, 0.15) is 47.1 Å². The molecule has 0 aliphatic carbocycles. The van der Waals surface area contributed by atoms with Gasteiger partial charge in [0.15, 0.2) is 5.82 Å². The van der Waals surface area contributed by atoms with Crippen molar-refractivity contribution in [2.45, 2.75) is 37.5 Å². The lowest BCUT2D eigenvalue weighted by atomic mass is 9.91. The monoisotopic (exact) mass is 512 g/mol. The molecule has 2 N–H and O–H groups in total. The van der Waals surface area contributed by atoms with Gasteiger partial charge in [-0.15, -0.1) is 12.4 Å². The predicted molar refractivity (Wildman–Crippen MR) is 128 cm³/mol. The molecule has 0 saturated carbocycles. The first-order valence-electron chi connectivity index (χ1n) is 10.7. The quantitative estimate of drug-likeness (QED) is 0.432. The maximum Gasteiger partial charge on any atom is 0.417 e. The molecule has 2 unspecified atom stereocenters. The summed E-state index contributed by atoms with van der Waals surface area (Å²) in [4.78, 5) is 22.4. The number of hydrogen-bond donors (Lipinski definition) is 2. The normalized spacial score (nSPS) is 17.6. The largest absolute Gasteiger partial charge is 0.417 e. The second kappa shape index (κ2) is 10.8. The van der Waals surface area contributed by atoms with E-state index in [9.17, 15) is 18.0 Å². The molecule has 5 nitrogen and oxygen atoms in total. The predicted octanol–water partition coefficient (Wildman–Crippen LogP) is 6.13. The Morgan fingerprint density at radius 2 is 1.91 bits per heavy atom. The lowest BCUT2D eigenvalue weighted by Gasteiger charge is -2.38. The molecule has 1 aliphatic heterocycles. The summed E-state index contributed by atoms with van der Waals surface area (Å²) in [5, 5.41) is 2.63. The third-order valence-corrected chi connectivity index (χ3v) is 6.44. The van der Waals surface area contributed by atoms with Crippen LogP contribution >= 0.6 is 24.0 Å². The number of aromatic nitrogens is 2. The summed E-state index contributed by atoms with van der Waals surface area (Å²) < 4.78 is 39.6. The SMILES string of the molecule is CN1CCCCC1C(NC(=O)c1nc(-c2cccc(C(F)(F)F)c2Cl)c[nH]1)c1ccccc1.Cl. The van der Waals surface area contributed by atoms with E-state index in [4.69, 9.17) is 11.6 Å². The van der Waals surface area contributed by atoms with E-state index < -0.39 is 22.7 Å². The van der Waals surface area contributed by atoms with E-state index in [1.54, 1.807) is 0 Å². The molecule has 182 valence electrons. The van der Waals surface area contributed by atoms with Gasteiger partial charge in [-0.2, -0.15) is 13.2 Å². The first kappa shape index (κ1) is 26.1. The Balaban J connectivity index is 0.00000324. The van der Waals surface area contributed by atoms with Crippen molar-refractivity contribution in [2.75, 3.05) is 13.6 Å². The van der Waals surface area contributed by atoms with Gasteiger partial charge in [-0.05, 0) is 38.1 Å². The van der Waals surface area contributed by atoms with Crippen LogP contribution in [0.4, 0.5) is 13.2 Å². The molecule has 1 fully saturated rings. The molecule has 10 heteroatoms. The Morgan fingerprint density at radius 3 is 2.59 bits per heavy atom. The van der Waals surface area contributed by atoms with Crippen LogP contribution in [-0.2, 0) is 6.18 Å². The number of carbonyl (C=O) groups excluding carboxylic acids is 1. The van der Waals surface area contributed by atoms with Crippen LogP contribution in [0.25, 0.3) is 11.3 Å². The Hall–Kier alpha value is -2.55. The van der Waals surface area contributed by atoms with E-state index >= 15 is 0 Å². The van der Waals surface area contributed by atoms with Gasteiger partial charge < -0.3 is 15.2 Å². The van der Waals surface area contributed by atoms with Gasteiger partial charge in [-0.3, -0.25) is 4.79 Å². The number of alkyl halides is 3. The van der Waals surface area contributed by atoms with E-state index in [-0.39, 0.29) is 41.6 Å². The van der Waals surface area contributed by atoms with Crippen molar-refractivity contribution >= 4 is 29.9 Å². The molecule has 0 spiro atoms. The summed E-state index contributed by atoms with van der Waals surface area (Å²) in [6.07, 6.45) is -0.0619. The van der Waals surface area contributed by atoms with E-state index in [0.717, 1.165) is 37.4 Å². The summed E-state index contributed by atoms with van der Waals surface area (Å²) in [5.41, 5.74) is 0.313. The summed E-state index contributed by atoms with van der Waals surface area (Å²) in [7, 11) is 2.05. The zero-order chi connectivity index (χ0) is 23.6. The van der Waals surface area contributed by atoms with Gasteiger partial charge in [0.1, 0.15) is 0 Å². The van der Waals surface area contributed by atoms with Crippen molar-refractivity contribution in [3.05, 3.63) is 76.7 Å². The number of hydrogen-bond acceptors (Lipinski definition) is 3. The highest BCUT2D eigenvalue weighted by Crippen LogP contribution is 2.39. The Labute approximate surface area is 207 Å². The minimum Gasteiger partial charge on any atom is -0.341 e. The Bertz CT molecular complexity index is 1120. The second-order valence-electron chi connectivity index (χ2n) is 8.20. The number of halogens is 5. The molecule has 0 bridgehead atoms. The molecule has 2 heterocycles. The van der Waals surface area contributed by atoms with Crippen LogP contribution in [0.3, 0.4) is 0 Å². The number of imidazole rings is 1. The standard InChI is InChI=1S/C24H24ClF3N4O.ClH/c1-32-13-6-5-12-19(32)21(15-8-3-2-4-9-15)31-23(33)22-29-14-18(30-22)16-10-7-11-17(20(16)25)24(26,27)28;/h2-4,7-11,14,19,21H,5-6,12-13H2,1H3,(H,29,30)(H,31,33);1H. The fourth-order valence-electron chi connectivity index (χ4n) is 4.32. The van der Waals surface area contributed by atoms with Crippen LogP contribution < -0.4 is 5.32 Å². The summed E-state index contributed by atoms with van der Waals surface area (Å²) in [6, 6.07) is 13.2. The topological polar surface area (TPSA) is 61.0 Å². The average molecular weight is 513 g/mol. The number of carbonyl (C=O) groups is 1. The van der Waals surface area contributed by atoms with Crippen molar-refractivity contribution in [2.24, 2.45) is 0 Å². The van der Waals surface area contributed by atoms with Gasteiger partial charge in [-0.25, -0.2) is 4.98 Å². The van der Waals surface area contributed by atoms with Gasteiger partial charge >= 0.3 is 6.18 Å². The summed E-state index contributed by atoms with van der Waals surface area (Å²) >= 11 is 6.02. The number of likely N-dealkylation sites (N-methyl/N-ethyl adjacent to an activating group) is 1. The first-order valence-corrected chi connectivity index (χ1v) is 11.1. The fraction of sp³-hybridized carbons (Fsp3) is 0.333. The van der Waals surface area contributed by atoms with E-state index in [1.807, 2.05) is 37.4 Å². The van der Waals surface area contributed by atoms with Crippen molar-refractivity contribution in [3.63, 3.8) is 0 Å². The van der Waals surface area contributed by atoms with Crippen LogP contribution in [0.15, 0.2) is 54.7 Å². The van der Waals surface area contributed by atoms with E-state index in [0.29, 0.717) is 0 Å². The Kier molecular flexibility index (Phi) is 8.28. The molecule has 1 aliphatic rings. The van der Waals surface area contributed by atoms with E-state index in [2.05, 4.69) is 20.2 Å². The number of amides is 1. The average Bonchev–Trinajstić information content (AvgIpc) is 3.28. The number of H-pyrrole nitrogens is 1. The third-order valence-electron chi connectivity index (χ3n) is 6.03. The number of piperidine rings is 1. The smallest absolute Gasteiger partial charge is 0.341 e. The maximum atomic E-state index is 13.2. The zero-order valence-electron chi connectivity index (χ0n) is 18.4. The molecule has 1 amide bonds. The number of rotatable bonds is 5. The number of aromatic amines is 1. The van der Waals surface area contributed by atoms with Crippen molar-refractivity contribution in [1.82, 2.24) is 20.2 Å². The van der Waals surface area contributed by atoms with Crippen molar-refractivity contribution in [3.8, 4) is 11.3 Å². The van der Waals surface area contributed by atoms with Crippen LogP contribution in [0.2, 0.25) is 5.02 Å². The highest BCUT2D eigenvalue weighted by atomic mass is 35.5. The third kappa shape index (κ3) is 5.56. The number of nitrogens with one attached hydrogen (secondary N) is 2. The van der Waals surface area contributed by atoms with Gasteiger partial charge in [0.2, 0.25) is 0 Å². The van der Waals surface area contributed by atoms with Gasteiger partial charge in [0.05, 0.1) is 22.3 Å². The summed E-state index contributed by atoms with van der Waals surface area (Å²) in [5.74, 6) is -0.421. The molecule has 34 heavy (non-hydrogen) atoms. The second-order valence-corrected chi connectivity index (χ2v) is 8.58. The summed E-state index contributed by atoms with van der Waals surface area (Å²) in [6.45, 7) is 0.947. The van der Waals surface area contributed by atoms with Crippen molar-refractivity contribution < 1.29 is 18.0 Å². The Morgan fingerprint density at radius 1 is 1.18 bits per heavy atom. The minimum absolute atomic E-state index is 0. The molecule has 0 radical (unpaired) electrons. The van der Waals surface area contributed by atoms with Crippen molar-refractivity contribution in [1.29, 1.82) is 0 Å². The van der Waals surface area contributed by atoms with Crippen LogP contribution in [0, 0.1) is 0 Å². The highest BCUT2D eigenvalue weighted by Gasteiger charge is 2.34. The lowest BCUT2D eigenvalue weighted by Crippen LogP contribution is -2.47. The zero-order valence-corrected chi connectivity index (χ0v) is 20.0. The highest BCUT2D eigenvalue weighted by molar-refractivity contribution is 6.34. The number of likely N-dealkylation sites (tertiary alicyclic amines) is 1. The van der Waals surface area contributed by atoms with Gasteiger partial charge in [0.25, 0.3) is 5.91 Å². The molecule has 3 aromatic rings. The van der Waals surface area contributed by atoms with Gasteiger partial charge in [0, 0.05) is 17.8 Å². The van der Waals surface area contributed by atoms with Crippen LogP contribution in [-0.4, -0.2) is 40.4 Å². The number of nitrogens with zero attached hydrogens (tertiary/aromatic N) is 2. The molecule has 2 aromatic carbocycles.